The molecule has 0 unspecified atom stereocenters. The van der Waals surface area contributed by atoms with Crippen molar-refractivity contribution in [1.29, 1.82) is 0 Å². The van der Waals surface area contributed by atoms with Gasteiger partial charge in [0, 0.05) is 0 Å². The molecule has 1 radical (unpaired) electrons. The van der Waals surface area contributed by atoms with Gasteiger partial charge < -0.3 is 0 Å². The summed E-state index contributed by atoms with van der Waals surface area (Å²) in [5, 5.41) is 0. The molecule has 0 aromatic carbocycles. The van der Waals surface area contributed by atoms with Gasteiger partial charge in [0.1, 0.15) is 0 Å². The van der Waals surface area contributed by atoms with E-state index in [2.05, 4.69) is 20.8 Å². The summed E-state index contributed by atoms with van der Waals surface area (Å²) in [4.78, 5) is 0. The molecule has 0 aromatic rings. The highest BCUT2D eigenvalue weighted by atomic mass is 14.1. The molecular weight excluding hydrogens is 204 g/mol. The summed E-state index contributed by atoms with van der Waals surface area (Å²) in [5.74, 6) is 1.88. The van der Waals surface area contributed by atoms with Crippen LogP contribution < -0.4 is 0 Å². The zero-order valence-corrected chi connectivity index (χ0v) is 12.7. The fraction of sp³-hybridized carbons (Fsp3) is 0.941. The van der Waals surface area contributed by atoms with E-state index in [4.69, 9.17) is 0 Å². The second-order valence-corrected chi connectivity index (χ2v) is 5.47. The highest BCUT2D eigenvalue weighted by molar-refractivity contribution is 4.89. The number of hydrogen-bond donors (Lipinski definition) is 0. The maximum absolute atomic E-state index is 2.30. The first-order valence-corrected chi connectivity index (χ1v) is 8.18. The second-order valence-electron chi connectivity index (χ2n) is 5.47. The Morgan fingerprint density at radius 2 is 0.824 bits per heavy atom. The second kappa shape index (κ2) is 14.1. The molecule has 0 spiro atoms. The minimum absolute atomic E-state index is 1.36. The monoisotopic (exact) mass is 239 g/mol. The molecule has 0 aliphatic carbocycles. The van der Waals surface area contributed by atoms with Crippen molar-refractivity contribution in [2.45, 2.75) is 104 Å². The third-order valence-electron chi connectivity index (χ3n) is 3.65. The molecule has 0 atom stereocenters. The van der Waals surface area contributed by atoms with Gasteiger partial charge in [-0.1, -0.05) is 85.0 Å². The number of rotatable bonds is 13. The van der Waals surface area contributed by atoms with Crippen LogP contribution in [0.5, 0.6) is 0 Å². The van der Waals surface area contributed by atoms with Gasteiger partial charge in [-0.3, -0.25) is 0 Å². The standard InChI is InChI=1S/C17H35/c1-4-7-10-13-16-17(14-11-8-5-2)15-12-9-6-3/h4-16H2,1-3H3. The average Bonchev–Trinajstić information content (AvgIpc) is 2.34. The van der Waals surface area contributed by atoms with Gasteiger partial charge in [0.05, 0.1) is 0 Å². The molecule has 0 bridgehead atoms. The van der Waals surface area contributed by atoms with Gasteiger partial charge in [-0.25, -0.2) is 0 Å². The van der Waals surface area contributed by atoms with E-state index in [1.165, 1.54) is 83.5 Å². The molecule has 0 rings (SSSR count). The fourth-order valence-corrected chi connectivity index (χ4v) is 2.43. The third kappa shape index (κ3) is 12.2. The van der Waals surface area contributed by atoms with Gasteiger partial charge in [0.2, 0.25) is 0 Å². The minimum Gasteiger partial charge on any atom is -0.0654 e. The quantitative estimate of drug-likeness (QED) is 0.314. The Morgan fingerprint density at radius 1 is 0.471 bits per heavy atom. The molecule has 0 aliphatic heterocycles. The van der Waals surface area contributed by atoms with Crippen LogP contribution in [0.3, 0.4) is 0 Å². The summed E-state index contributed by atoms with van der Waals surface area (Å²) >= 11 is 0. The molecule has 0 heteroatoms. The van der Waals surface area contributed by atoms with E-state index in [1.54, 1.807) is 0 Å². The van der Waals surface area contributed by atoms with Gasteiger partial charge in [0.15, 0.2) is 0 Å². The Labute approximate surface area is 111 Å². The zero-order chi connectivity index (χ0) is 12.8. The van der Waals surface area contributed by atoms with Crippen molar-refractivity contribution in [3.63, 3.8) is 0 Å². The van der Waals surface area contributed by atoms with Crippen molar-refractivity contribution in [1.82, 2.24) is 0 Å². The van der Waals surface area contributed by atoms with Crippen molar-refractivity contribution in [2.75, 3.05) is 0 Å². The first kappa shape index (κ1) is 17.0. The molecule has 0 fully saturated rings. The maximum atomic E-state index is 2.30. The minimum atomic E-state index is 1.36. The van der Waals surface area contributed by atoms with Crippen molar-refractivity contribution in [3.8, 4) is 0 Å². The predicted octanol–water partition coefficient (Wildman–Crippen LogP) is 6.69. The predicted molar refractivity (Wildman–Crippen MR) is 80.3 cm³/mol. The maximum Gasteiger partial charge on any atom is -0.0241 e. The Morgan fingerprint density at radius 3 is 1.24 bits per heavy atom. The van der Waals surface area contributed by atoms with E-state index in [0.717, 1.165) is 0 Å². The number of unbranched alkanes of at least 4 members (excludes halogenated alkanes) is 7. The van der Waals surface area contributed by atoms with Crippen LogP contribution in [0.4, 0.5) is 0 Å². The lowest BCUT2D eigenvalue weighted by atomic mass is 9.90. The van der Waals surface area contributed by atoms with E-state index in [1.807, 2.05) is 5.92 Å². The van der Waals surface area contributed by atoms with Gasteiger partial charge in [0.25, 0.3) is 0 Å². The Kier molecular flexibility index (Phi) is 14.1. The smallest absolute Gasteiger partial charge is 0.0241 e. The molecule has 103 valence electrons. The van der Waals surface area contributed by atoms with Crippen molar-refractivity contribution in [2.24, 2.45) is 0 Å². The van der Waals surface area contributed by atoms with Crippen LogP contribution in [-0.4, -0.2) is 0 Å². The molecule has 0 saturated heterocycles. The van der Waals surface area contributed by atoms with Gasteiger partial charge in [-0.2, -0.15) is 0 Å². The highest BCUT2D eigenvalue weighted by Crippen LogP contribution is 2.25. The fourth-order valence-electron chi connectivity index (χ4n) is 2.43. The molecule has 0 nitrogen and oxygen atoms in total. The summed E-state index contributed by atoms with van der Waals surface area (Å²) < 4.78 is 0. The van der Waals surface area contributed by atoms with Crippen molar-refractivity contribution < 1.29 is 0 Å². The Bertz CT molecular complexity index is 118. The SMILES string of the molecule is CCCCCC[C](CCCCC)CCCCC. The molecule has 0 aromatic heterocycles. The normalized spacial score (nSPS) is 11.3. The lowest BCUT2D eigenvalue weighted by molar-refractivity contribution is 0.537. The average molecular weight is 239 g/mol. The van der Waals surface area contributed by atoms with Crippen LogP contribution in [0.25, 0.3) is 0 Å². The van der Waals surface area contributed by atoms with Crippen LogP contribution in [0.2, 0.25) is 0 Å². The van der Waals surface area contributed by atoms with E-state index >= 15 is 0 Å². The third-order valence-corrected chi connectivity index (χ3v) is 3.65. The molecular formula is C17H35. The molecule has 0 saturated carbocycles. The lowest BCUT2D eigenvalue weighted by Crippen LogP contribution is -1.99. The van der Waals surface area contributed by atoms with E-state index in [0.29, 0.717) is 0 Å². The zero-order valence-electron chi connectivity index (χ0n) is 12.7. The first-order chi connectivity index (χ1) is 8.35. The van der Waals surface area contributed by atoms with Crippen LogP contribution in [0.15, 0.2) is 0 Å². The van der Waals surface area contributed by atoms with Crippen molar-refractivity contribution in [3.05, 3.63) is 5.92 Å². The highest BCUT2D eigenvalue weighted by Gasteiger charge is 2.08. The van der Waals surface area contributed by atoms with Gasteiger partial charge in [-0.05, 0) is 25.2 Å². The molecule has 0 heterocycles. The van der Waals surface area contributed by atoms with E-state index < -0.39 is 0 Å². The Hall–Kier alpha value is 0. The first-order valence-electron chi connectivity index (χ1n) is 8.18. The van der Waals surface area contributed by atoms with Crippen LogP contribution in [0, 0.1) is 5.92 Å². The lowest BCUT2D eigenvalue weighted by Gasteiger charge is -2.16. The summed E-state index contributed by atoms with van der Waals surface area (Å²) in [6.07, 6.45) is 18.4. The largest absolute Gasteiger partial charge is 0.0654 e. The van der Waals surface area contributed by atoms with Crippen LogP contribution >= 0.6 is 0 Å². The van der Waals surface area contributed by atoms with Crippen LogP contribution in [0.1, 0.15) is 104 Å². The number of hydrogen-bond acceptors (Lipinski definition) is 0. The summed E-state index contributed by atoms with van der Waals surface area (Å²) in [5.41, 5.74) is 0. The molecule has 0 amide bonds. The van der Waals surface area contributed by atoms with E-state index in [9.17, 15) is 0 Å². The topological polar surface area (TPSA) is 0 Å². The van der Waals surface area contributed by atoms with Crippen molar-refractivity contribution >= 4 is 0 Å². The summed E-state index contributed by atoms with van der Waals surface area (Å²) in [6, 6.07) is 0. The van der Waals surface area contributed by atoms with Gasteiger partial charge in [-0.15, -0.1) is 0 Å². The molecule has 17 heavy (non-hydrogen) atoms. The van der Waals surface area contributed by atoms with E-state index in [-0.39, 0.29) is 0 Å². The molecule has 0 N–H and O–H groups in total. The molecule has 0 aliphatic rings. The Balaban J connectivity index is 3.60. The van der Waals surface area contributed by atoms with Crippen LogP contribution in [-0.2, 0) is 0 Å². The van der Waals surface area contributed by atoms with Gasteiger partial charge >= 0.3 is 0 Å². The summed E-state index contributed by atoms with van der Waals surface area (Å²) in [7, 11) is 0. The summed E-state index contributed by atoms with van der Waals surface area (Å²) in [6.45, 7) is 6.91.